The molecule has 2 aromatic rings. The fourth-order valence-electron chi connectivity index (χ4n) is 2.62. The summed E-state index contributed by atoms with van der Waals surface area (Å²) in [6.45, 7) is 9.14. The minimum absolute atomic E-state index is 0.0252. The molecule has 2 rings (SSSR count). The summed E-state index contributed by atoms with van der Waals surface area (Å²) in [6, 6.07) is 12.7. The molecule has 126 valence electrons. The summed E-state index contributed by atoms with van der Waals surface area (Å²) in [7, 11) is 0. The van der Waals surface area contributed by atoms with Crippen LogP contribution in [-0.2, 0) is 0 Å². The molecule has 1 N–H and O–H groups in total. The lowest BCUT2D eigenvalue weighted by Crippen LogP contribution is -2.30. The molecule has 0 aliphatic carbocycles. The van der Waals surface area contributed by atoms with Gasteiger partial charge >= 0.3 is 0 Å². The van der Waals surface area contributed by atoms with E-state index in [2.05, 4.69) is 5.32 Å². The zero-order chi connectivity index (χ0) is 17.7. The van der Waals surface area contributed by atoms with Gasteiger partial charge in [0.05, 0.1) is 0 Å². The molecule has 0 radical (unpaired) electrons. The number of nitrogens with one attached hydrogen (secondary N) is 1. The number of aryl methyl sites for hydroxylation is 1. The minimum Gasteiger partial charge on any atom is -0.339 e. The van der Waals surface area contributed by atoms with Crippen LogP contribution in [0.4, 0.5) is 5.69 Å². The second-order valence-electron chi connectivity index (χ2n) is 5.76. The summed E-state index contributed by atoms with van der Waals surface area (Å²) < 4.78 is 0. The molecule has 2 amide bonds. The van der Waals surface area contributed by atoms with Gasteiger partial charge in [-0.1, -0.05) is 18.2 Å². The first-order valence-electron chi connectivity index (χ1n) is 8.24. The summed E-state index contributed by atoms with van der Waals surface area (Å²) >= 11 is 0. The number of benzene rings is 2. The third-order valence-electron chi connectivity index (χ3n) is 4.27. The van der Waals surface area contributed by atoms with Gasteiger partial charge in [0.25, 0.3) is 11.8 Å². The first kappa shape index (κ1) is 17.7. The Morgan fingerprint density at radius 3 is 2.33 bits per heavy atom. The summed E-state index contributed by atoms with van der Waals surface area (Å²) in [5.74, 6) is -0.188. The summed E-state index contributed by atoms with van der Waals surface area (Å²) in [5, 5.41) is 2.89. The van der Waals surface area contributed by atoms with Crippen molar-refractivity contribution in [3.63, 3.8) is 0 Å². The Balaban J connectivity index is 2.22. The molecule has 0 bridgehead atoms. The molecule has 0 saturated heterocycles. The van der Waals surface area contributed by atoms with Gasteiger partial charge in [-0.2, -0.15) is 0 Å². The SMILES string of the molecule is CCN(CC)C(=O)c1cccc(NC(=O)c2cccc(C)c2C)c1. The summed E-state index contributed by atoms with van der Waals surface area (Å²) in [5.41, 5.74) is 3.89. The summed E-state index contributed by atoms with van der Waals surface area (Å²) in [4.78, 5) is 26.7. The molecule has 0 saturated carbocycles. The number of carbonyl (C=O) groups is 2. The Bertz CT molecular complexity index is 749. The fraction of sp³-hybridized carbons (Fsp3) is 0.300. The maximum Gasteiger partial charge on any atom is 0.255 e. The zero-order valence-corrected chi connectivity index (χ0v) is 14.7. The van der Waals surface area contributed by atoms with Gasteiger partial charge in [0, 0.05) is 29.9 Å². The van der Waals surface area contributed by atoms with Gasteiger partial charge in [-0.05, 0) is 63.1 Å². The van der Waals surface area contributed by atoms with E-state index in [0.717, 1.165) is 11.1 Å². The first-order valence-corrected chi connectivity index (χ1v) is 8.24. The van der Waals surface area contributed by atoms with E-state index in [0.29, 0.717) is 29.9 Å². The molecule has 0 fully saturated rings. The lowest BCUT2D eigenvalue weighted by atomic mass is 10.0. The molecule has 0 aliphatic heterocycles. The highest BCUT2D eigenvalue weighted by molar-refractivity contribution is 6.06. The molecule has 4 heteroatoms. The lowest BCUT2D eigenvalue weighted by Gasteiger charge is -2.19. The van der Waals surface area contributed by atoms with Crippen LogP contribution in [0.15, 0.2) is 42.5 Å². The number of amides is 2. The average Bonchev–Trinajstić information content (AvgIpc) is 2.58. The van der Waals surface area contributed by atoms with Crippen LogP contribution in [0.5, 0.6) is 0 Å². The lowest BCUT2D eigenvalue weighted by molar-refractivity contribution is 0.0772. The van der Waals surface area contributed by atoms with E-state index in [1.165, 1.54) is 0 Å². The Morgan fingerprint density at radius 2 is 1.67 bits per heavy atom. The van der Waals surface area contributed by atoms with E-state index in [1.54, 1.807) is 29.2 Å². The van der Waals surface area contributed by atoms with Crippen molar-refractivity contribution >= 4 is 17.5 Å². The van der Waals surface area contributed by atoms with E-state index in [1.807, 2.05) is 45.9 Å². The summed E-state index contributed by atoms with van der Waals surface area (Å²) in [6.07, 6.45) is 0. The van der Waals surface area contributed by atoms with E-state index in [4.69, 9.17) is 0 Å². The standard InChI is InChI=1S/C20H24N2O2/c1-5-22(6-2)20(24)16-10-8-11-17(13-16)21-19(23)18-12-7-9-14(3)15(18)4/h7-13H,5-6H2,1-4H3,(H,21,23). The molecule has 24 heavy (non-hydrogen) atoms. The quantitative estimate of drug-likeness (QED) is 0.902. The van der Waals surface area contributed by atoms with Crippen molar-refractivity contribution in [2.45, 2.75) is 27.7 Å². The van der Waals surface area contributed by atoms with Crippen LogP contribution in [0.3, 0.4) is 0 Å². The van der Waals surface area contributed by atoms with Crippen LogP contribution >= 0.6 is 0 Å². The molecule has 0 atom stereocenters. The van der Waals surface area contributed by atoms with Gasteiger partial charge in [-0.3, -0.25) is 9.59 Å². The van der Waals surface area contributed by atoms with Crippen LogP contribution < -0.4 is 5.32 Å². The van der Waals surface area contributed by atoms with Crippen LogP contribution in [0.1, 0.15) is 45.7 Å². The molecule has 0 aromatic heterocycles. The molecule has 0 aliphatic rings. The van der Waals surface area contributed by atoms with E-state index >= 15 is 0 Å². The Hall–Kier alpha value is -2.62. The van der Waals surface area contributed by atoms with Crippen molar-refractivity contribution in [2.24, 2.45) is 0 Å². The molecule has 0 heterocycles. The van der Waals surface area contributed by atoms with Gasteiger partial charge in [-0.15, -0.1) is 0 Å². The van der Waals surface area contributed by atoms with Crippen LogP contribution in [0, 0.1) is 13.8 Å². The van der Waals surface area contributed by atoms with Gasteiger partial charge in [0.1, 0.15) is 0 Å². The van der Waals surface area contributed by atoms with E-state index < -0.39 is 0 Å². The normalized spacial score (nSPS) is 10.3. The van der Waals surface area contributed by atoms with Crippen LogP contribution in [0.25, 0.3) is 0 Å². The molecule has 4 nitrogen and oxygen atoms in total. The predicted molar refractivity (Wildman–Crippen MR) is 97.6 cm³/mol. The highest BCUT2D eigenvalue weighted by Crippen LogP contribution is 2.17. The largest absolute Gasteiger partial charge is 0.339 e. The molecular weight excluding hydrogens is 300 g/mol. The topological polar surface area (TPSA) is 49.4 Å². The highest BCUT2D eigenvalue weighted by atomic mass is 16.2. The smallest absolute Gasteiger partial charge is 0.255 e. The first-order chi connectivity index (χ1) is 11.5. The maximum atomic E-state index is 12.5. The second-order valence-corrected chi connectivity index (χ2v) is 5.76. The third-order valence-corrected chi connectivity index (χ3v) is 4.27. The fourth-order valence-corrected chi connectivity index (χ4v) is 2.62. The number of carbonyl (C=O) groups excluding carboxylic acids is 2. The van der Waals surface area contributed by atoms with Crippen molar-refractivity contribution in [2.75, 3.05) is 18.4 Å². The van der Waals surface area contributed by atoms with Gasteiger partial charge < -0.3 is 10.2 Å². The number of hydrogen-bond donors (Lipinski definition) is 1. The predicted octanol–water partition coefficient (Wildman–Crippen LogP) is 4.04. The maximum absolute atomic E-state index is 12.5. The van der Waals surface area contributed by atoms with Gasteiger partial charge in [0.15, 0.2) is 0 Å². The third kappa shape index (κ3) is 3.82. The Labute approximate surface area is 143 Å². The second kappa shape index (κ2) is 7.77. The zero-order valence-electron chi connectivity index (χ0n) is 14.7. The molecule has 2 aromatic carbocycles. The highest BCUT2D eigenvalue weighted by Gasteiger charge is 2.14. The number of anilines is 1. The van der Waals surface area contributed by atoms with Crippen molar-refractivity contribution in [1.82, 2.24) is 4.90 Å². The van der Waals surface area contributed by atoms with Crippen LogP contribution in [0.2, 0.25) is 0 Å². The van der Waals surface area contributed by atoms with Gasteiger partial charge in [-0.25, -0.2) is 0 Å². The Kier molecular flexibility index (Phi) is 5.74. The number of rotatable bonds is 5. The molecular formula is C20H24N2O2. The monoisotopic (exact) mass is 324 g/mol. The van der Waals surface area contributed by atoms with E-state index in [-0.39, 0.29) is 11.8 Å². The minimum atomic E-state index is -0.163. The molecule has 0 spiro atoms. The van der Waals surface area contributed by atoms with Crippen molar-refractivity contribution < 1.29 is 9.59 Å². The van der Waals surface area contributed by atoms with Gasteiger partial charge in [0.2, 0.25) is 0 Å². The van der Waals surface area contributed by atoms with Crippen molar-refractivity contribution in [3.8, 4) is 0 Å². The Morgan fingerprint density at radius 1 is 1.00 bits per heavy atom. The van der Waals surface area contributed by atoms with Crippen molar-refractivity contribution in [3.05, 3.63) is 64.7 Å². The average molecular weight is 324 g/mol. The number of hydrogen-bond acceptors (Lipinski definition) is 2. The van der Waals surface area contributed by atoms with E-state index in [9.17, 15) is 9.59 Å². The molecule has 0 unspecified atom stereocenters. The van der Waals surface area contributed by atoms with Crippen molar-refractivity contribution in [1.29, 1.82) is 0 Å². The van der Waals surface area contributed by atoms with Crippen LogP contribution in [-0.4, -0.2) is 29.8 Å². The number of nitrogens with zero attached hydrogens (tertiary/aromatic N) is 1.